The molecule has 0 bridgehead atoms. The monoisotopic (exact) mass is 286 g/mol. The number of rotatable bonds is 4. The van der Waals surface area contributed by atoms with Crippen LogP contribution >= 0.6 is 15.9 Å². The van der Waals surface area contributed by atoms with E-state index in [2.05, 4.69) is 22.5 Å². The van der Waals surface area contributed by atoms with Crippen molar-refractivity contribution in [3.63, 3.8) is 0 Å². The van der Waals surface area contributed by atoms with Gasteiger partial charge in [-0.25, -0.2) is 0 Å². The molecule has 0 saturated carbocycles. The van der Waals surface area contributed by atoms with Crippen molar-refractivity contribution in [3.05, 3.63) is 34.3 Å². The van der Waals surface area contributed by atoms with Gasteiger partial charge in [-0.1, -0.05) is 22.5 Å². The molecular formula is C12H15BrO3. The van der Waals surface area contributed by atoms with E-state index in [4.69, 9.17) is 9.47 Å². The number of halogens is 1. The third-order valence-corrected chi connectivity index (χ3v) is 2.95. The number of ether oxygens (including phenoxy) is 2. The van der Waals surface area contributed by atoms with Gasteiger partial charge < -0.3 is 14.6 Å². The van der Waals surface area contributed by atoms with Gasteiger partial charge in [0.15, 0.2) is 11.5 Å². The molecule has 1 rings (SSSR count). The second-order valence-corrected chi connectivity index (χ2v) is 4.33. The fourth-order valence-electron chi connectivity index (χ4n) is 1.34. The Kier molecular flexibility index (Phi) is 4.38. The summed E-state index contributed by atoms with van der Waals surface area (Å²) in [6, 6.07) is 3.50. The SMILES string of the molecule is C=C(C)C(O)c1cc(OC)c(OC)cc1Br. The molecule has 0 heterocycles. The van der Waals surface area contributed by atoms with Crippen molar-refractivity contribution >= 4 is 15.9 Å². The summed E-state index contributed by atoms with van der Waals surface area (Å²) in [5, 5.41) is 9.94. The maximum atomic E-state index is 9.94. The summed E-state index contributed by atoms with van der Waals surface area (Å²) < 4.78 is 11.1. The number of methoxy groups -OCH3 is 2. The van der Waals surface area contributed by atoms with Crippen LogP contribution in [0.3, 0.4) is 0 Å². The molecular weight excluding hydrogens is 272 g/mol. The number of hydrogen-bond donors (Lipinski definition) is 1. The van der Waals surface area contributed by atoms with Crippen LogP contribution in [0.15, 0.2) is 28.8 Å². The highest BCUT2D eigenvalue weighted by molar-refractivity contribution is 9.10. The van der Waals surface area contributed by atoms with Crippen LogP contribution in [0.2, 0.25) is 0 Å². The predicted octanol–water partition coefficient (Wildman–Crippen LogP) is 3.08. The number of aliphatic hydroxyl groups is 1. The van der Waals surface area contributed by atoms with E-state index in [-0.39, 0.29) is 0 Å². The van der Waals surface area contributed by atoms with Gasteiger partial charge in [-0.05, 0) is 24.6 Å². The molecule has 0 aliphatic heterocycles. The molecule has 4 heteroatoms. The minimum Gasteiger partial charge on any atom is -0.493 e. The van der Waals surface area contributed by atoms with Crippen molar-refractivity contribution < 1.29 is 14.6 Å². The van der Waals surface area contributed by atoms with Gasteiger partial charge in [0.25, 0.3) is 0 Å². The zero-order valence-electron chi connectivity index (χ0n) is 9.58. The fourth-order valence-corrected chi connectivity index (χ4v) is 1.88. The van der Waals surface area contributed by atoms with Gasteiger partial charge in [-0.2, -0.15) is 0 Å². The lowest BCUT2D eigenvalue weighted by molar-refractivity contribution is 0.214. The standard InChI is InChI=1S/C12H15BrO3/c1-7(2)12(14)8-5-10(15-3)11(16-4)6-9(8)13/h5-6,12,14H,1H2,2-4H3. The molecule has 0 amide bonds. The first-order valence-electron chi connectivity index (χ1n) is 4.76. The van der Waals surface area contributed by atoms with Crippen LogP contribution in [0.25, 0.3) is 0 Å². The van der Waals surface area contributed by atoms with E-state index < -0.39 is 6.10 Å². The van der Waals surface area contributed by atoms with Crippen LogP contribution in [0, 0.1) is 0 Å². The third kappa shape index (κ3) is 2.57. The Hall–Kier alpha value is -1.00. The first-order valence-corrected chi connectivity index (χ1v) is 5.55. The second-order valence-electron chi connectivity index (χ2n) is 3.48. The molecule has 0 saturated heterocycles. The number of benzene rings is 1. The van der Waals surface area contributed by atoms with Gasteiger partial charge in [0.1, 0.15) is 6.10 Å². The van der Waals surface area contributed by atoms with E-state index in [0.29, 0.717) is 22.6 Å². The zero-order chi connectivity index (χ0) is 12.3. The molecule has 1 N–H and O–H groups in total. The maximum Gasteiger partial charge on any atom is 0.161 e. The first-order chi connectivity index (χ1) is 7.51. The summed E-state index contributed by atoms with van der Waals surface area (Å²) in [4.78, 5) is 0. The molecule has 1 aromatic rings. The fraction of sp³-hybridized carbons (Fsp3) is 0.333. The summed E-state index contributed by atoms with van der Waals surface area (Å²) in [5.41, 5.74) is 1.39. The van der Waals surface area contributed by atoms with Gasteiger partial charge in [0, 0.05) is 10.0 Å². The molecule has 0 aliphatic carbocycles. The van der Waals surface area contributed by atoms with Crippen LogP contribution in [-0.4, -0.2) is 19.3 Å². The van der Waals surface area contributed by atoms with E-state index in [1.165, 1.54) is 0 Å². The Bertz CT molecular complexity index is 401. The lowest BCUT2D eigenvalue weighted by atomic mass is 10.0. The minimum atomic E-state index is -0.714. The van der Waals surface area contributed by atoms with Crippen molar-refractivity contribution in [1.82, 2.24) is 0 Å². The molecule has 1 aromatic carbocycles. The Morgan fingerprint density at radius 3 is 2.25 bits per heavy atom. The quantitative estimate of drug-likeness (QED) is 0.865. The van der Waals surface area contributed by atoms with Gasteiger partial charge >= 0.3 is 0 Å². The van der Waals surface area contributed by atoms with E-state index >= 15 is 0 Å². The molecule has 16 heavy (non-hydrogen) atoms. The van der Waals surface area contributed by atoms with Crippen molar-refractivity contribution in [3.8, 4) is 11.5 Å². The third-order valence-electron chi connectivity index (χ3n) is 2.26. The Morgan fingerprint density at radius 1 is 1.31 bits per heavy atom. The molecule has 1 atom stereocenters. The minimum absolute atomic E-state index is 0.584. The summed E-state index contributed by atoms with van der Waals surface area (Å²) in [6.07, 6.45) is -0.714. The van der Waals surface area contributed by atoms with E-state index in [1.807, 2.05) is 0 Å². The number of hydrogen-bond acceptors (Lipinski definition) is 3. The summed E-state index contributed by atoms with van der Waals surface area (Å²) in [7, 11) is 3.13. The van der Waals surface area contributed by atoms with Gasteiger partial charge in [-0.15, -0.1) is 0 Å². The average Bonchev–Trinajstić information content (AvgIpc) is 2.27. The Balaban J connectivity index is 3.26. The van der Waals surface area contributed by atoms with Crippen molar-refractivity contribution in [1.29, 1.82) is 0 Å². The highest BCUT2D eigenvalue weighted by Gasteiger charge is 2.16. The zero-order valence-corrected chi connectivity index (χ0v) is 11.2. The van der Waals surface area contributed by atoms with E-state index in [0.717, 1.165) is 4.47 Å². The molecule has 0 spiro atoms. The highest BCUT2D eigenvalue weighted by atomic mass is 79.9. The first kappa shape index (κ1) is 13.1. The smallest absolute Gasteiger partial charge is 0.161 e. The molecule has 0 aromatic heterocycles. The van der Waals surface area contributed by atoms with E-state index in [1.54, 1.807) is 33.3 Å². The second kappa shape index (κ2) is 5.37. The molecule has 0 radical (unpaired) electrons. The summed E-state index contributed by atoms with van der Waals surface area (Å²) in [6.45, 7) is 5.50. The van der Waals surface area contributed by atoms with Crippen LogP contribution in [0.4, 0.5) is 0 Å². The Morgan fingerprint density at radius 2 is 1.81 bits per heavy atom. The highest BCUT2D eigenvalue weighted by Crippen LogP contribution is 2.37. The molecule has 0 fully saturated rings. The van der Waals surface area contributed by atoms with Crippen LogP contribution in [-0.2, 0) is 0 Å². The lowest BCUT2D eigenvalue weighted by Crippen LogP contribution is -2.01. The lowest BCUT2D eigenvalue weighted by Gasteiger charge is -2.16. The van der Waals surface area contributed by atoms with Crippen LogP contribution < -0.4 is 9.47 Å². The Labute approximate surface area is 104 Å². The summed E-state index contributed by atoms with van der Waals surface area (Å²) in [5.74, 6) is 1.20. The average molecular weight is 287 g/mol. The molecule has 1 unspecified atom stereocenters. The van der Waals surface area contributed by atoms with Crippen molar-refractivity contribution in [2.75, 3.05) is 14.2 Å². The van der Waals surface area contributed by atoms with Crippen molar-refractivity contribution in [2.45, 2.75) is 13.0 Å². The topological polar surface area (TPSA) is 38.7 Å². The van der Waals surface area contributed by atoms with Gasteiger partial charge in [0.2, 0.25) is 0 Å². The predicted molar refractivity (Wildman–Crippen MR) is 67.0 cm³/mol. The van der Waals surface area contributed by atoms with Crippen LogP contribution in [0.1, 0.15) is 18.6 Å². The molecule has 3 nitrogen and oxygen atoms in total. The molecule has 88 valence electrons. The van der Waals surface area contributed by atoms with Crippen LogP contribution in [0.5, 0.6) is 11.5 Å². The van der Waals surface area contributed by atoms with Gasteiger partial charge in [-0.3, -0.25) is 0 Å². The summed E-state index contributed by atoms with van der Waals surface area (Å²) >= 11 is 3.38. The van der Waals surface area contributed by atoms with E-state index in [9.17, 15) is 5.11 Å². The normalized spacial score (nSPS) is 12.1. The molecule has 0 aliphatic rings. The van der Waals surface area contributed by atoms with Gasteiger partial charge in [0.05, 0.1) is 14.2 Å². The number of aliphatic hydroxyl groups excluding tert-OH is 1. The maximum absolute atomic E-state index is 9.94. The largest absolute Gasteiger partial charge is 0.493 e. The van der Waals surface area contributed by atoms with Crippen molar-refractivity contribution in [2.24, 2.45) is 0 Å².